The van der Waals surface area contributed by atoms with Crippen molar-refractivity contribution < 1.29 is 38.2 Å². The van der Waals surface area contributed by atoms with Gasteiger partial charge in [-0.2, -0.15) is 0 Å². The van der Waals surface area contributed by atoms with Crippen LogP contribution in [0.3, 0.4) is 0 Å². The lowest BCUT2D eigenvalue weighted by Crippen LogP contribution is -2.59. The fraction of sp³-hybridized carbons (Fsp3) is 0.744. The molecule has 1 fully saturated rings. The normalized spacial score (nSPS) is 19.0. The van der Waals surface area contributed by atoms with E-state index in [4.69, 9.17) is 14.2 Å². The zero-order chi connectivity index (χ0) is 42.5. The largest absolute Gasteiger partial charge is 0.458 e. The molecular weight excluding hydrogens is 714 g/mol. The van der Waals surface area contributed by atoms with Crippen LogP contribution in [-0.2, 0) is 44.6 Å². The minimum Gasteiger partial charge on any atom is -0.458 e. The summed E-state index contributed by atoms with van der Waals surface area (Å²) in [6.07, 6.45) is 1.04. The number of ether oxygens (including phenoxy) is 3. The summed E-state index contributed by atoms with van der Waals surface area (Å²) in [6, 6.07) is 6.42. The fourth-order valence-corrected chi connectivity index (χ4v) is 7.77. The summed E-state index contributed by atoms with van der Waals surface area (Å²) in [5.74, 6) is -2.48. The summed E-state index contributed by atoms with van der Waals surface area (Å²) in [5, 5.41) is 8.96. The van der Waals surface area contributed by atoms with Crippen LogP contribution in [0.2, 0.25) is 0 Å². The molecular formula is C43H73N5O8. The molecule has 1 unspecified atom stereocenters. The first-order valence-electron chi connectivity index (χ1n) is 20.4. The molecule has 2 rings (SSSR count). The molecule has 1 aliphatic heterocycles. The van der Waals surface area contributed by atoms with Crippen LogP contribution >= 0.6 is 0 Å². The number of hydrogen-bond acceptors (Lipinski definition) is 9. The Balaban J connectivity index is 2.31. The van der Waals surface area contributed by atoms with Gasteiger partial charge in [0.25, 0.3) is 0 Å². The summed E-state index contributed by atoms with van der Waals surface area (Å²) in [7, 11) is 6.53. The second-order valence-corrected chi connectivity index (χ2v) is 17.1. The lowest BCUT2D eigenvalue weighted by Gasteiger charge is -2.41. The zero-order valence-corrected chi connectivity index (χ0v) is 36.6. The Morgan fingerprint density at radius 1 is 0.893 bits per heavy atom. The number of likely N-dealkylation sites (tertiary alicyclic amines) is 1. The molecule has 13 heteroatoms. The molecule has 1 aromatic rings. The number of methoxy groups -OCH3 is 2. The number of carbonyl (C=O) groups is 5. The molecule has 0 radical (unpaired) electrons. The van der Waals surface area contributed by atoms with Crippen molar-refractivity contribution in [1.29, 1.82) is 0 Å². The highest BCUT2D eigenvalue weighted by atomic mass is 16.6. The van der Waals surface area contributed by atoms with Crippen LogP contribution in [0.5, 0.6) is 0 Å². The Morgan fingerprint density at radius 2 is 1.50 bits per heavy atom. The third-order valence-corrected chi connectivity index (χ3v) is 11.0. The third kappa shape index (κ3) is 13.5. The molecule has 318 valence electrons. The van der Waals surface area contributed by atoms with Crippen molar-refractivity contribution in [2.45, 2.75) is 149 Å². The summed E-state index contributed by atoms with van der Waals surface area (Å²) in [5.41, 5.74) is 0.134. The molecule has 1 saturated heterocycles. The highest BCUT2D eigenvalue weighted by Crippen LogP contribution is 2.30. The van der Waals surface area contributed by atoms with Crippen molar-refractivity contribution in [3.8, 4) is 0 Å². The van der Waals surface area contributed by atoms with Crippen molar-refractivity contribution in [1.82, 2.24) is 25.8 Å². The van der Waals surface area contributed by atoms with Gasteiger partial charge in [0.05, 0.1) is 42.7 Å². The molecule has 0 spiro atoms. The lowest BCUT2D eigenvalue weighted by atomic mass is 9.89. The summed E-state index contributed by atoms with van der Waals surface area (Å²) in [6.45, 7) is 19.3. The van der Waals surface area contributed by atoms with E-state index >= 15 is 0 Å². The van der Waals surface area contributed by atoms with Crippen molar-refractivity contribution >= 4 is 29.6 Å². The predicted octanol–water partition coefficient (Wildman–Crippen LogP) is 4.36. The van der Waals surface area contributed by atoms with E-state index in [9.17, 15) is 24.0 Å². The van der Waals surface area contributed by atoms with Gasteiger partial charge in [-0.15, -0.1) is 0 Å². The van der Waals surface area contributed by atoms with E-state index in [-0.39, 0.29) is 54.2 Å². The lowest BCUT2D eigenvalue weighted by molar-refractivity contribution is -0.159. The van der Waals surface area contributed by atoms with Crippen molar-refractivity contribution in [2.24, 2.45) is 23.7 Å². The minimum absolute atomic E-state index is 0.00230. The first kappa shape index (κ1) is 48.6. The van der Waals surface area contributed by atoms with E-state index in [0.29, 0.717) is 13.0 Å². The second-order valence-electron chi connectivity index (χ2n) is 17.1. The van der Waals surface area contributed by atoms with Gasteiger partial charge in [0.15, 0.2) is 0 Å². The number of nitrogens with one attached hydrogen (secondary N) is 3. The number of esters is 1. The van der Waals surface area contributed by atoms with E-state index in [1.165, 1.54) is 7.11 Å². The van der Waals surface area contributed by atoms with Crippen LogP contribution in [0.15, 0.2) is 30.3 Å². The number of carbonyl (C=O) groups excluding carboxylic acids is 5. The van der Waals surface area contributed by atoms with Crippen LogP contribution in [0.25, 0.3) is 0 Å². The fourth-order valence-electron chi connectivity index (χ4n) is 7.77. The molecule has 1 heterocycles. The first-order valence-corrected chi connectivity index (χ1v) is 20.4. The average molecular weight is 788 g/mol. The Kier molecular flexibility index (Phi) is 19.4. The molecule has 0 aliphatic carbocycles. The number of rotatable bonds is 21. The highest BCUT2D eigenvalue weighted by Gasteiger charge is 2.43. The monoisotopic (exact) mass is 788 g/mol. The summed E-state index contributed by atoms with van der Waals surface area (Å²) < 4.78 is 17.7. The van der Waals surface area contributed by atoms with E-state index in [1.54, 1.807) is 58.7 Å². The Hall–Kier alpha value is -3.55. The van der Waals surface area contributed by atoms with Gasteiger partial charge in [0.2, 0.25) is 23.6 Å². The molecule has 0 saturated carbocycles. The number of hydrogen-bond donors (Lipinski definition) is 3. The van der Waals surface area contributed by atoms with Crippen LogP contribution < -0.4 is 16.0 Å². The molecule has 56 heavy (non-hydrogen) atoms. The SMILES string of the molecule is CC[C@H](C)C([C@@H](CC(=O)N1CCC[C@H]1[C@H](OC)[C@@H](C)C(=O)N[C@@H](Cc1ccccc1)C(=O)OC(C)(C)C)OC)N(C)C(=O)[C@@H](NC(=O)[C@@H](NC)C(C)C)C(C)C. The first-order chi connectivity index (χ1) is 26.2. The number of benzene rings is 1. The van der Waals surface area contributed by atoms with Gasteiger partial charge in [-0.1, -0.05) is 85.2 Å². The topological polar surface area (TPSA) is 156 Å². The van der Waals surface area contributed by atoms with Gasteiger partial charge < -0.3 is 40.0 Å². The van der Waals surface area contributed by atoms with Crippen LogP contribution in [0.1, 0.15) is 100 Å². The molecule has 0 bridgehead atoms. The molecule has 9 atom stereocenters. The summed E-state index contributed by atoms with van der Waals surface area (Å²) >= 11 is 0. The zero-order valence-electron chi connectivity index (χ0n) is 36.6. The van der Waals surface area contributed by atoms with Crippen molar-refractivity contribution in [3.63, 3.8) is 0 Å². The van der Waals surface area contributed by atoms with Gasteiger partial charge in [-0.05, 0) is 64.0 Å². The Labute approximate surface area is 336 Å². The molecule has 1 aromatic carbocycles. The van der Waals surface area contributed by atoms with Crippen molar-refractivity contribution in [3.05, 3.63) is 35.9 Å². The van der Waals surface area contributed by atoms with Gasteiger partial charge in [0, 0.05) is 34.2 Å². The van der Waals surface area contributed by atoms with Crippen LogP contribution in [0.4, 0.5) is 0 Å². The number of amides is 4. The van der Waals surface area contributed by atoms with Gasteiger partial charge in [-0.3, -0.25) is 19.2 Å². The number of likely N-dealkylation sites (N-methyl/N-ethyl adjacent to an activating group) is 2. The van der Waals surface area contributed by atoms with E-state index in [1.807, 2.05) is 71.9 Å². The molecule has 4 amide bonds. The van der Waals surface area contributed by atoms with Crippen LogP contribution in [-0.4, -0.2) is 122 Å². The van der Waals surface area contributed by atoms with Gasteiger partial charge >= 0.3 is 5.97 Å². The third-order valence-electron chi connectivity index (χ3n) is 11.0. The molecule has 13 nitrogen and oxygen atoms in total. The van der Waals surface area contributed by atoms with Gasteiger partial charge in [0.1, 0.15) is 17.7 Å². The van der Waals surface area contributed by atoms with E-state index < -0.39 is 59.9 Å². The van der Waals surface area contributed by atoms with Gasteiger partial charge in [-0.25, -0.2) is 4.79 Å². The maximum absolute atomic E-state index is 14.3. The second kappa shape index (κ2) is 22.4. The maximum atomic E-state index is 14.3. The maximum Gasteiger partial charge on any atom is 0.329 e. The molecule has 0 aromatic heterocycles. The predicted molar refractivity (Wildman–Crippen MR) is 218 cm³/mol. The average Bonchev–Trinajstić information content (AvgIpc) is 3.62. The standard InChI is InChI=1S/C43H73N5O8/c1-15-28(6)37(47(12)41(52)36(27(4)5)46-40(51)35(44-11)26(2)3)33(54-13)25-34(49)48-23-19-22-32(48)38(55-14)29(7)39(50)45-31(42(53)56-43(8,9)10)24-30-20-17-16-18-21-30/h16-18,20-21,26-29,31-33,35-38,44H,15,19,22-25H2,1-14H3,(H,45,50)(H,46,51)/t28-,29+,31-,32-,33+,35-,36-,37?,38+/m0/s1. The number of nitrogens with zero attached hydrogens (tertiary/aromatic N) is 2. The van der Waals surface area contributed by atoms with Crippen molar-refractivity contribution in [2.75, 3.05) is 34.9 Å². The molecule has 1 aliphatic rings. The Bertz CT molecular complexity index is 1420. The molecule has 3 N–H and O–H groups in total. The van der Waals surface area contributed by atoms with Crippen LogP contribution in [0, 0.1) is 23.7 Å². The van der Waals surface area contributed by atoms with E-state index in [2.05, 4.69) is 16.0 Å². The Morgan fingerprint density at radius 3 is 2.00 bits per heavy atom. The smallest absolute Gasteiger partial charge is 0.329 e. The minimum atomic E-state index is -0.923. The quantitative estimate of drug-likeness (QED) is 0.154. The highest BCUT2D eigenvalue weighted by molar-refractivity contribution is 5.90. The summed E-state index contributed by atoms with van der Waals surface area (Å²) in [4.78, 5) is 72.3. The van der Waals surface area contributed by atoms with E-state index in [0.717, 1.165) is 18.4 Å².